The zero-order valence-electron chi connectivity index (χ0n) is 16.3. The number of rotatable bonds is 3. The average Bonchev–Trinajstić information content (AvgIpc) is 3.37. The number of hydrogen-bond donors (Lipinski definition) is 2. The van der Waals surface area contributed by atoms with Gasteiger partial charge in [0.2, 0.25) is 0 Å². The van der Waals surface area contributed by atoms with Crippen molar-refractivity contribution in [1.29, 1.82) is 0 Å². The third-order valence-electron chi connectivity index (χ3n) is 6.80. The van der Waals surface area contributed by atoms with Crippen LogP contribution in [0.5, 0.6) is 0 Å². The minimum atomic E-state index is 0.0170. The summed E-state index contributed by atoms with van der Waals surface area (Å²) >= 11 is 12.7. The van der Waals surface area contributed by atoms with E-state index in [4.69, 9.17) is 23.2 Å². The van der Waals surface area contributed by atoms with Gasteiger partial charge in [-0.1, -0.05) is 29.3 Å². The molecule has 0 bridgehead atoms. The first-order valence-corrected chi connectivity index (χ1v) is 11.0. The van der Waals surface area contributed by atoms with Crippen LogP contribution in [0.2, 0.25) is 10.0 Å². The van der Waals surface area contributed by atoms with Gasteiger partial charge in [-0.15, -0.1) is 0 Å². The Kier molecular flexibility index (Phi) is 4.99. The van der Waals surface area contributed by atoms with Gasteiger partial charge in [-0.25, -0.2) is 0 Å². The van der Waals surface area contributed by atoms with E-state index >= 15 is 0 Å². The SMILES string of the molecule is OCc1c(N2CCC3(CCNC3)CC2)ccc2c1ccn2-c1cccc(Cl)c1Cl. The van der Waals surface area contributed by atoms with Gasteiger partial charge in [0.1, 0.15) is 0 Å². The monoisotopic (exact) mass is 429 g/mol. The number of aliphatic hydroxyl groups is 1. The Labute approximate surface area is 181 Å². The number of hydrogen-bond acceptors (Lipinski definition) is 3. The minimum absolute atomic E-state index is 0.0170. The molecular formula is C23H25Cl2N3O. The van der Waals surface area contributed by atoms with Gasteiger partial charge >= 0.3 is 0 Å². The molecule has 0 radical (unpaired) electrons. The van der Waals surface area contributed by atoms with Crippen LogP contribution in [0.3, 0.4) is 0 Å². The number of nitrogens with one attached hydrogen (secondary N) is 1. The number of anilines is 1. The highest BCUT2D eigenvalue weighted by atomic mass is 35.5. The first-order chi connectivity index (χ1) is 14.1. The van der Waals surface area contributed by atoms with Crippen LogP contribution in [0.1, 0.15) is 24.8 Å². The molecule has 3 aromatic rings. The lowest BCUT2D eigenvalue weighted by atomic mass is 9.77. The zero-order valence-corrected chi connectivity index (χ0v) is 17.8. The molecular weight excluding hydrogens is 405 g/mol. The molecule has 152 valence electrons. The Morgan fingerprint density at radius 2 is 1.83 bits per heavy atom. The maximum absolute atomic E-state index is 10.2. The van der Waals surface area contributed by atoms with Crippen molar-refractivity contribution in [3.05, 3.63) is 58.2 Å². The van der Waals surface area contributed by atoms with Gasteiger partial charge in [0, 0.05) is 42.5 Å². The molecule has 0 unspecified atom stereocenters. The summed E-state index contributed by atoms with van der Waals surface area (Å²) in [7, 11) is 0. The predicted molar refractivity (Wildman–Crippen MR) is 121 cm³/mol. The number of benzene rings is 2. The van der Waals surface area contributed by atoms with Gasteiger partial charge in [0.15, 0.2) is 0 Å². The second-order valence-corrected chi connectivity index (χ2v) is 9.11. The maximum Gasteiger partial charge on any atom is 0.0832 e. The third kappa shape index (κ3) is 3.23. The first-order valence-electron chi connectivity index (χ1n) is 10.3. The molecule has 2 aromatic carbocycles. The topological polar surface area (TPSA) is 40.4 Å². The summed E-state index contributed by atoms with van der Waals surface area (Å²) in [6, 6.07) is 12.0. The van der Waals surface area contributed by atoms with Crippen molar-refractivity contribution >= 4 is 39.8 Å². The highest BCUT2D eigenvalue weighted by Gasteiger charge is 2.37. The van der Waals surface area contributed by atoms with E-state index in [1.54, 1.807) is 6.07 Å². The maximum atomic E-state index is 10.2. The second-order valence-electron chi connectivity index (χ2n) is 8.33. The Bertz CT molecular complexity index is 1050. The van der Waals surface area contributed by atoms with Crippen molar-refractivity contribution < 1.29 is 5.11 Å². The van der Waals surface area contributed by atoms with Crippen molar-refractivity contribution in [3.63, 3.8) is 0 Å². The first kappa shape index (κ1) is 19.3. The van der Waals surface area contributed by atoms with Crippen molar-refractivity contribution in [3.8, 4) is 5.69 Å². The number of fused-ring (bicyclic) bond motifs is 1. The fraction of sp³-hybridized carbons (Fsp3) is 0.391. The molecule has 0 aliphatic carbocycles. The molecule has 5 rings (SSSR count). The van der Waals surface area contributed by atoms with Gasteiger partial charge in [-0.3, -0.25) is 0 Å². The molecule has 2 aliphatic rings. The highest BCUT2D eigenvalue weighted by molar-refractivity contribution is 6.43. The van der Waals surface area contributed by atoms with E-state index in [1.807, 2.05) is 22.9 Å². The number of piperidine rings is 1. The van der Waals surface area contributed by atoms with Gasteiger partial charge in [0.05, 0.1) is 27.9 Å². The van der Waals surface area contributed by atoms with E-state index in [0.717, 1.165) is 54.0 Å². The highest BCUT2D eigenvalue weighted by Crippen LogP contribution is 2.40. The smallest absolute Gasteiger partial charge is 0.0832 e. The van der Waals surface area contributed by atoms with Gasteiger partial charge in [-0.05, 0) is 61.6 Å². The van der Waals surface area contributed by atoms with Crippen LogP contribution >= 0.6 is 23.2 Å². The van der Waals surface area contributed by atoms with E-state index < -0.39 is 0 Å². The summed E-state index contributed by atoms with van der Waals surface area (Å²) in [6.07, 6.45) is 5.71. The molecule has 2 fully saturated rings. The number of nitrogens with zero attached hydrogens (tertiary/aromatic N) is 2. The molecule has 3 heterocycles. The molecule has 2 N–H and O–H groups in total. The summed E-state index contributed by atoms with van der Waals surface area (Å²) in [4.78, 5) is 2.44. The van der Waals surface area contributed by atoms with Crippen molar-refractivity contribution in [2.75, 3.05) is 31.1 Å². The largest absolute Gasteiger partial charge is 0.392 e. The van der Waals surface area contributed by atoms with E-state index in [1.165, 1.54) is 19.3 Å². The van der Waals surface area contributed by atoms with Crippen LogP contribution in [-0.4, -0.2) is 35.9 Å². The van der Waals surface area contributed by atoms with E-state index in [0.29, 0.717) is 15.5 Å². The Morgan fingerprint density at radius 3 is 2.55 bits per heavy atom. The lowest BCUT2D eigenvalue weighted by Gasteiger charge is -2.40. The molecule has 0 atom stereocenters. The molecule has 1 spiro atoms. The number of aliphatic hydroxyl groups excluding tert-OH is 1. The number of aromatic nitrogens is 1. The summed E-state index contributed by atoms with van der Waals surface area (Å²) in [5, 5.41) is 15.9. The molecule has 29 heavy (non-hydrogen) atoms. The Hall–Kier alpha value is -1.72. The van der Waals surface area contributed by atoms with Crippen LogP contribution in [0.15, 0.2) is 42.6 Å². The zero-order chi connectivity index (χ0) is 20.0. The van der Waals surface area contributed by atoms with Gasteiger partial charge < -0.3 is 19.9 Å². The quantitative estimate of drug-likeness (QED) is 0.614. The van der Waals surface area contributed by atoms with Crippen LogP contribution in [-0.2, 0) is 6.61 Å². The van der Waals surface area contributed by atoms with Crippen molar-refractivity contribution in [1.82, 2.24) is 9.88 Å². The van der Waals surface area contributed by atoms with Crippen LogP contribution in [0.4, 0.5) is 5.69 Å². The molecule has 2 aliphatic heterocycles. The molecule has 2 saturated heterocycles. The van der Waals surface area contributed by atoms with Crippen molar-refractivity contribution in [2.45, 2.75) is 25.9 Å². The molecule has 0 saturated carbocycles. The summed E-state index contributed by atoms with van der Waals surface area (Å²) in [5.41, 5.74) is 4.48. The predicted octanol–water partition coefficient (Wildman–Crippen LogP) is 5.01. The molecule has 6 heteroatoms. The lowest BCUT2D eigenvalue weighted by Crippen LogP contribution is -2.41. The summed E-state index contributed by atoms with van der Waals surface area (Å²) in [5.74, 6) is 0. The lowest BCUT2D eigenvalue weighted by molar-refractivity contribution is 0.246. The summed E-state index contributed by atoms with van der Waals surface area (Å²) in [6.45, 7) is 4.40. The number of halogens is 2. The van der Waals surface area contributed by atoms with E-state index in [9.17, 15) is 5.11 Å². The fourth-order valence-electron chi connectivity index (χ4n) is 5.06. The standard InChI is InChI=1S/C23H25Cl2N3O/c24-18-2-1-3-21(22(18)25)28-11-6-16-17(14-29)19(4-5-20(16)28)27-12-8-23(9-13-27)7-10-26-15-23/h1-6,11,26,29H,7-10,12-15H2. The molecule has 1 aromatic heterocycles. The Balaban J connectivity index is 1.51. The van der Waals surface area contributed by atoms with Crippen LogP contribution in [0.25, 0.3) is 16.6 Å². The Morgan fingerprint density at radius 1 is 1.00 bits per heavy atom. The average molecular weight is 430 g/mol. The van der Waals surface area contributed by atoms with E-state index in [-0.39, 0.29) is 6.61 Å². The van der Waals surface area contributed by atoms with E-state index in [2.05, 4.69) is 28.4 Å². The second kappa shape index (κ2) is 7.51. The summed E-state index contributed by atoms with van der Waals surface area (Å²) < 4.78 is 2.04. The minimum Gasteiger partial charge on any atom is -0.392 e. The molecule has 0 amide bonds. The third-order valence-corrected chi connectivity index (χ3v) is 7.61. The van der Waals surface area contributed by atoms with Gasteiger partial charge in [0.25, 0.3) is 0 Å². The molecule has 4 nitrogen and oxygen atoms in total. The fourth-order valence-corrected chi connectivity index (χ4v) is 5.45. The van der Waals surface area contributed by atoms with Crippen LogP contribution in [0, 0.1) is 5.41 Å². The van der Waals surface area contributed by atoms with Crippen LogP contribution < -0.4 is 10.2 Å². The normalized spacial score (nSPS) is 18.8. The van der Waals surface area contributed by atoms with Gasteiger partial charge in [-0.2, -0.15) is 0 Å². The van der Waals surface area contributed by atoms with Crippen molar-refractivity contribution in [2.24, 2.45) is 5.41 Å².